The van der Waals surface area contributed by atoms with Crippen LogP contribution in [0.5, 0.6) is 17.2 Å². The van der Waals surface area contributed by atoms with Crippen molar-refractivity contribution >= 4 is 17.5 Å². The maximum absolute atomic E-state index is 13.6. The average molecular weight is 645 g/mol. The van der Waals surface area contributed by atoms with Crippen LogP contribution in [0.4, 0.5) is 5.69 Å². The predicted octanol–water partition coefficient (Wildman–Crippen LogP) is 4.42. The van der Waals surface area contributed by atoms with Crippen LogP contribution in [-0.2, 0) is 27.3 Å². The molecule has 10 heteroatoms. The first-order valence-corrected chi connectivity index (χ1v) is 16.6. The highest BCUT2D eigenvalue weighted by atomic mass is 16.5. The summed E-state index contributed by atoms with van der Waals surface area (Å²) in [6, 6.07) is 23.0. The van der Waals surface area contributed by atoms with Crippen molar-refractivity contribution < 1.29 is 28.9 Å². The van der Waals surface area contributed by atoms with Crippen molar-refractivity contribution in [3.63, 3.8) is 0 Å². The van der Waals surface area contributed by atoms with E-state index in [1.54, 1.807) is 4.90 Å². The van der Waals surface area contributed by atoms with Gasteiger partial charge < -0.3 is 29.5 Å². The minimum atomic E-state index is -0.329. The minimum Gasteiger partial charge on any atom is -0.488 e. The van der Waals surface area contributed by atoms with Gasteiger partial charge in [-0.3, -0.25) is 19.4 Å². The first-order valence-electron chi connectivity index (χ1n) is 16.6. The van der Waals surface area contributed by atoms with E-state index >= 15 is 0 Å². The number of benzene rings is 3. The van der Waals surface area contributed by atoms with Crippen molar-refractivity contribution in [1.82, 2.24) is 14.7 Å². The molecule has 5 rings (SSSR count). The van der Waals surface area contributed by atoms with E-state index in [1.165, 1.54) is 0 Å². The zero-order valence-corrected chi connectivity index (χ0v) is 27.8. The number of ether oxygens (including phenoxy) is 3. The molecule has 2 heterocycles. The minimum absolute atomic E-state index is 0.0115. The third-order valence-electron chi connectivity index (χ3n) is 8.81. The lowest BCUT2D eigenvalue weighted by molar-refractivity contribution is -0.134. The number of amides is 2. The van der Waals surface area contributed by atoms with Crippen LogP contribution in [0.15, 0.2) is 72.8 Å². The van der Waals surface area contributed by atoms with Crippen LogP contribution in [0.25, 0.3) is 0 Å². The summed E-state index contributed by atoms with van der Waals surface area (Å²) in [6.45, 7) is 9.35. The third-order valence-corrected chi connectivity index (χ3v) is 8.81. The number of likely N-dealkylation sites (N-methyl/N-ethyl adjacent to an activating group) is 1. The largest absolute Gasteiger partial charge is 0.488 e. The second-order valence-electron chi connectivity index (χ2n) is 12.7. The van der Waals surface area contributed by atoms with Crippen LogP contribution >= 0.6 is 0 Å². The molecule has 47 heavy (non-hydrogen) atoms. The highest BCUT2D eigenvalue weighted by Gasteiger charge is 2.31. The zero-order chi connectivity index (χ0) is 33.2. The van der Waals surface area contributed by atoms with Gasteiger partial charge in [0.25, 0.3) is 0 Å². The fourth-order valence-corrected chi connectivity index (χ4v) is 6.00. The number of aliphatic hydroxyl groups excluding tert-OH is 1. The number of morpholine rings is 1. The van der Waals surface area contributed by atoms with Crippen LogP contribution in [0.2, 0.25) is 0 Å². The number of hydrogen-bond acceptors (Lipinski definition) is 8. The number of anilines is 1. The van der Waals surface area contributed by atoms with E-state index in [0.29, 0.717) is 62.8 Å². The Hall–Kier alpha value is -3.96. The number of fused-ring (bicyclic) bond motifs is 1. The molecule has 0 aromatic heterocycles. The monoisotopic (exact) mass is 644 g/mol. The van der Waals surface area contributed by atoms with Gasteiger partial charge in [0.05, 0.1) is 32.3 Å². The maximum Gasteiger partial charge on any atom is 0.227 e. The molecule has 1 fully saturated rings. The Morgan fingerprint density at radius 2 is 1.79 bits per heavy atom. The average Bonchev–Trinajstić information content (AvgIpc) is 3.12. The fraction of sp³-hybridized carbons (Fsp3) is 0.459. The molecule has 0 radical (unpaired) electrons. The van der Waals surface area contributed by atoms with E-state index in [4.69, 9.17) is 14.2 Å². The molecule has 0 unspecified atom stereocenters. The molecule has 252 valence electrons. The van der Waals surface area contributed by atoms with Crippen molar-refractivity contribution in [3.05, 3.63) is 83.9 Å². The molecule has 3 atom stereocenters. The van der Waals surface area contributed by atoms with Crippen molar-refractivity contribution in [2.75, 3.05) is 64.9 Å². The second-order valence-corrected chi connectivity index (χ2v) is 12.7. The second kappa shape index (κ2) is 16.7. The molecule has 10 nitrogen and oxygen atoms in total. The summed E-state index contributed by atoms with van der Waals surface area (Å²) in [4.78, 5) is 32.6. The highest BCUT2D eigenvalue weighted by molar-refractivity contribution is 5.91. The van der Waals surface area contributed by atoms with Gasteiger partial charge in [-0.05, 0) is 62.0 Å². The van der Waals surface area contributed by atoms with Crippen molar-refractivity contribution in [3.8, 4) is 17.2 Å². The SMILES string of the molecule is C[C@@H]1CN([C@H](C)CO)C(=O)Cc2cc(NC(=O)CCN3CCOCC3)ccc2O[C@H]1CN(C)Cc1ccc(Oc2ccccc2)cc1. The van der Waals surface area contributed by atoms with E-state index < -0.39 is 0 Å². The van der Waals surface area contributed by atoms with Gasteiger partial charge in [-0.2, -0.15) is 0 Å². The number of carbonyl (C=O) groups excluding carboxylic acids is 2. The van der Waals surface area contributed by atoms with E-state index in [1.807, 2.05) is 67.6 Å². The molecule has 2 aliphatic heterocycles. The molecule has 2 N–H and O–H groups in total. The van der Waals surface area contributed by atoms with Crippen LogP contribution in [0, 0.1) is 5.92 Å². The van der Waals surface area contributed by atoms with Gasteiger partial charge in [0.1, 0.15) is 23.4 Å². The lowest BCUT2D eigenvalue weighted by atomic mass is 10.0. The van der Waals surface area contributed by atoms with Crippen molar-refractivity contribution in [2.45, 2.75) is 45.4 Å². The molecule has 3 aromatic rings. The molecule has 2 aliphatic rings. The predicted molar refractivity (Wildman–Crippen MR) is 182 cm³/mol. The van der Waals surface area contributed by atoms with Gasteiger partial charge in [-0.1, -0.05) is 37.3 Å². The number of hydrogen-bond donors (Lipinski definition) is 2. The number of aliphatic hydroxyl groups is 1. The Morgan fingerprint density at radius 1 is 1.06 bits per heavy atom. The molecule has 0 aliphatic carbocycles. The zero-order valence-electron chi connectivity index (χ0n) is 27.8. The Kier molecular flexibility index (Phi) is 12.2. The van der Waals surface area contributed by atoms with Gasteiger partial charge in [0.2, 0.25) is 11.8 Å². The Balaban J connectivity index is 1.27. The van der Waals surface area contributed by atoms with Gasteiger partial charge in [-0.15, -0.1) is 0 Å². The molecular formula is C37H48N4O6. The molecule has 1 saturated heterocycles. The van der Waals surface area contributed by atoms with Crippen molar-refractivity contribution in [2.24, 2.45) is 5.92 Å². The van der Waals surface area contributed by atoms with Gasteiger partial charge in [0.15, 0.2) is 0 Å². The number of carbonyl (C=O) groups is 2. The van der Waals surface area contributed by atoms with E-state index in [0.717, 1.165) is 30.2 Å². The summed E-state index contributed by atoms with van der Waals surface area (Å²) >= 11 is 0. The number of rotatable bonds is 12. The van der Waals surface area contributed by atoms with Crippen LogP contribution in [-0.4, -0.2) is 103 Å². The summed E-state index contributed by atoms with van der Waals surface area (Å²) in [5.41, 5.74) is 2.49. The summed E-state index contributed by atoms with van der Waals surface area (Å²) in [7, 11) is 2.06. The van der Waals surface area contributed by atoms with E-state index in [2.05, 4.69) is 41.2 Å². The third kappa shape index (κ3) is 10.0. The molecule has 0 bridgehead atoms. The van der Waals surface area contributed by atoms with Crippen LogP contribution in [0.1, 0.15) is 31.4 Å². The van der Waals surface area contributed by atoms with E-state index in [9.17, 15) is 14.7 Å². The normalized spacial score (nSPS) is 19.6. The van der Waals surface area contributed by atoms with E-state index in [-0.39, 0.29) is 42.9 Å². The lowest BCUT2D eigenvalue weighted by Crippen LogP contribution is -2.47. The topological polar surface area (TPSA) is 104 Å². The molecule has 0 spiro atoms. The van der Waals surface area contributed by atoms with Crippen LogP contribution < -0.4 is 14.8 Å². The van der Waals surface area contributed by atoms with Gasteiger partial charge in [0, 0.05) is 62.9 Å². The molecular weight excluding hydrogens is 596 g/mol. The summed E-state index contributed by atoms with van der Waals surface area (Å²) < 4.78 is 18.0. The Bertz CT molecular complexity index is 1450. The quantitative estimate of drug-likeness (QED) is 0.299. The molecule has 3 aromatic carbocycles. The molecule has 0 saturated carbocycles. The number of para-hydroxylation sites is 1. The Morgan fingerprint density at radius 3 is 2.51 bits per heavy atom. The summed E-state index contributed by atoms with van der Waals surface area (Å²) in [5.74, 6) is 2.05. The summed E-state index contributed by atoms with van der Waals surface area (Å²) in [6.07, 6.45) is 0.264. The smallest absolute Gasteiger partial charge is 0.227 e. The highest BCUT2D eigenvalue weighted by Crippen LogP contribution is 2.30. The fourth-order valence-electron chi connectivity index (χ4n) is 6.00. The first kappa shape index (κ1) is 34.4. The molecule has 2 amide bonds. The summed E-state index contributed by atoms with van der Waals surface area (Å²) in [5, 5.41) is 13.0. The first-order chi connectivity index (χ1) is 22.8. The lowest BCUT2D eigenvalue weighted by Gasteiger charge is -2.34. The van der Waals surface area contributed by atoms with Gasteiger partial charge >= 0.3 is 0 Å². The number of nitrogens with one attached hydrogen (secondary N) is 1. The Labute approximate surface area is 278 Å². The van der Waals surface area contributed by atoms with Gasteiger partial charge in [-0.25, -0.2) is 0 Å². The standard InChI is InChI=1S/C37H48N4O6/c1-27-23-41(28(2)26-42)37(44)22-30-21-31(38-36(43)15-16-40-17-19-45-20-18-40)11-14-34(30)47-35(27)25-39(3)24-29-9-12-33(13-10-29)46-32-7-5-4-6-8-32/h4-14,21,27-28,35,42H,15-20,22-26H2,1-3H3,(H,38,43)/t27-,28-,35+/m1/s1. The maximum atomic E-state index is 13.6. The van der Waals surface area contributed by atoms with Crippen molar-refractivity contribution in [1.29, 1.82) is 0 Å². The number of nitrogens with zero attached hydrogens (tertiary/aromatic N) is 3. The van der Waals surface area contributed by atoms with Crippen LogP contribution in [0.3, 0.4) is 0 Å².